The van der Waals surface area contributed by atoms with Gasteiger partial charge in [-0.1, -0.05) is 0 Å². The molecule has 0 saturated carbocycles. The molecule has 5 rings (SSSR count). The number of alkyl halides is 3. The summed E-state index contributed by atoms with van der Waals surface area (Å²) >= 11 is 0. The topological polar surface area (TPSA) is 116 Å². The fourth-order valence-corrected chi connectivity index (χ4v) is 4.18. The number of aryl methyl sites for hydroxylation is 1. The van der Waals surface area contributed by atoms with Gasteiger partial charge in [-0.2, -0.15) is 18.3 Å². The van der Waals surface area contributed by atoms with Gasteiger partial charge in [0.1, 0.15) is 17.2 Å². The number of fused-ring (bicyclic) bond motifs is 3. The number of nitrogen functional groups attached to an aromatic ring is 1. The van der Waals surface area contributed by atoms with Crippen molar-refractivity contribution in [1.29, 1.82) is 0 Å². The lowest BCUT2D eigenvalue weighted by Crippen LogP contribution is -2.34. The molecule has 1 aromatic carbocycles. The van der Waals surface area contributed by atoms with Crippen molar-refractivity contribution in [2.45, 2.75) is 25.7 Å². The highest BCUT2D eigenvalue weighted by Crippen LogP contribution is 2.31. The van der Waals surface area contributed by atoms with E-state index < -0.39 is 17.8 Å². The molecule has 0 aliphatic rings. The SMILES string of the molecule is C[C@H](c1ncccn1)N(Cc1ccc(C(F)(F)F)cn1)C(=O)c1ccc2nc(N)c3c(cnn3C)c2c1. The zero-order valence-corrected chi connectivity index (χ0v) is 19.8. The lowest BCUT2D eigenvalue weighted by Gasteiger charge is -2.28. The Bertz CT molecular complexity index is 1600. The number of carbonyl (C=O) groups excluding carboxylic acids is 1. The summed E-state index contributed by atoms with van der Waals surface area (Å²) < 4.78 is 40.6. The van der Waals surface area contributed by atoms with Gasteiger partial charge in [0.25, 0.3) is 5.91 Å². The van der Waals surface area contributed by atoms with E-state index in [9.17, 15) is 18.0 Å². The van der Waals surface area contributed by atoms with Crippen LogP contribution in [0.4, 0.5) is 19.0 Å². The molecule has 2 N–H and O–H groups in total. The second-order valence-corrected chi connectivity index (χ2v) is 8.51. The Labute approximate surface area is 208 Å². The van der Waals surface area contributed by atoms with Crippen molar-refractivity contribution in [3.05, 3.63) is 83.8 Å². The van der Waals surface area contributed by atoms with E-state index in [1.807, 2.05) is 0 Å². The molecule has 0 bridgehead atoms. The predicted molar refractivity (Wildman–Crippen MR) is 130 cm³/mol. The number of halogens is 3. The second-order valence-electron chi connectivity index (χ2n) is 8.51. The summed E-state index contributed by atoms with van der Waals surface area (Å²) in [5.74, 6) is 0.330. The minimum Gasteiger partial charge on any atom is -0.382 e. The molecule has 1 amide bonds. The predicted octanol–water partition coefficient (Wildman–Crippen LogP) is 4.31. The fourth-order valence-electron chi connectivity index (χ4n) is 4.18. The summed E-state index contributed by atoms with van der Waals surface area (Å²) in [7, 11) is 1.75. The van der Waals surface area contributed by atoms with Gasteiger partial charge in [-0.05, 0) is 43.3 Å². The first kappa shape index (κ1) is 24.1. The summed E-state index contributed by atoms with van der Waals surface area (Å²) in [4.78, 5) is 32.2. The van der Waals surface area contributed by atoms with Crippen LogP contribution in [0.25, 0.3) is 21.8 Å². The minimum absolute atomic E-state index is 0.0588. The van der Waals surface area contributed by atoms with Gasteiger partial charge >= 0.3 is 6.18 Å². The highest BCUT2D eigenvalue weighted by atomic mass is 19.4. The normalized spacial score (nSPS) is 12.7. The number of benzene rings is 1. The third-order valence-electron chi connectivity index (χ3n) is 6.13. The Morgan fingerprint density at radius 2 is 1.84 bits per heavy atom. The summed E-state index contributed by atoms with van der Waals surface area (Å²) in [5, 5.41) is 5.70. The van der Waals surface area contributed by atoms with Crippen molar-refractivity contribution >= 4 is 33.5 Å². The largest absolute Gasteiger partial charge is 0.417 e. The van der Waals surface area contributed by atoms with Crippen LogP contribution in [0.1, 0.15) is 40.4 Å². The number of nitrogens with two attached hydrogens (primary N) is 1. The van der Waals surface area contributed by atoms with E-state index in [0.717, 1.165) is 17.6 Å². The molecule has 0 aliphatic carbocycles. The molecule has 0 aliphatic heterocycles. The first-order chi connectivity index (χ1) is 17.6. The second kappa shape index (κ2) is 9.12. The molecule has 0 unspecified atom stereocenters. The number of aromatic nitrogens is 6. The summed E-state index contributed by atoms with van der Waals surface area (Å²) in [5.41, 5.74) is 7.12. The number of hydrogen-bond donors (Lipinski definition) is 1. The Kier molecular flexibility index (Phi) is 5.94. The molecule has 1 atom stereocenters. The van der Waals surface area contributed by atoms with Gasteiger partial charge in [0.2, 0.25) is 0 Å². The molecule has 5 aromatic rings. The van der Waals surface area contributed by atoms with E-state index in [4.69, 9.17) is 5.73 Å². The average Bonchev–Trinajstić information content (AvgIpc) is 3.29. The van der Waals surface area contributed by atoms with Crippen molar-refractivity contribution in [3.8, 4) is 0 Å². The molecular formula is C25H21F3N8O. The average molecular weight is 506 g/mol. The van der Waals surface area contributed by atoms with Crippen LogP contribution in [-0.2, 0) is 19.8 Å². The number of carbonyl (C=O) groups is 1. The van der Waals surface area contributed by atoms with Crippen LogP contribution < -0.4 is 5.73 Å². The highest BCUT2D eigenvalue weighted by molar-refractivity contribution is 6.10. The zero-order chi connectivity index (χ0) is 26.3. The van der Waals surface area contributed by atoms with Crippen LogP contribution in [0, 0.1) is 0 Å². The molecule has 9 nitrogen and oxygen atoms in total. The third kappa shape index (κ3) is 4.53. The van der Waals surface area contributed by atoms with E-state index in [-0.39, 0.29) is 18.1 Å². The quantitative estimate of drug-likeness (QED) is 0.378. The Balaban J connectivity index is 1.56. The number of nitrogens with zero attached hydrogens (tertiary/aromatic N) is 7. The number of rotatable bonds is 5. The smallest absolute Gasteiger partial charge is 0.382 e. The summed E-state index contributed by atoms with van der Waals surface area (Å²) in [6.07, 6.45) is 1.03. The number of hydrogen-bond acceptors (Lipinski definition) is 7. The molecular weight excluding hydrogens is 485 g/mol. The Morgan fingerprint density at radius 1 is 1.08 bits per heavy atom. The molecule has 37 heavy (non-hydrogen) atoms. The van der Waals surface area contributed by atoms with Crippen molar-refractivity contribution < 1.29 is 18.0 Å². The molecule has 0 fully saturated rings. The van der Waals surface area contributed by atoms with Gasteiger partial charge in [-0.15, -0.1) is 0 Å². The fraction of sp³-hybridized carbons (Fsp3) is 0.200. The van der Waals surface area contributed by atoms with Crippen molar-refractivity contribution in [2.75, 3.05) is 5.73 Å². The van der Waals surface area contributed by atoms with Gasteiger partial charge in [0, 0.05) is 42.0 Å². The van der Waals surface area contributed by atoms with E-state index in [1.54, 1.807) is 61.5 Å². The lowest BCUT2D eigenvalue weighted by molar-refractivity contribution is -0.137. The monoisotopic (exact) mass is 506 g/mol. The molecule has 188 valence electrons. The van der Waals surface area contributed by atoms with Crippen molar-refractivity contribution in [1.82, 2.24) is 34.6 Å². The van der Waals surface area contributed by atoms with E-state index in [1.165, 1.54) is 11.0 Å². The summed E-state index contributed by atoms with van der Waals surface area (Å²) in [6.45, 7) is 1.69. The van der Waals surface area contributed by atoms with Crippen LogP contribution in [0.3, 0.4) is 0 Å². The van der Waals surface area contributed by atoms with Gasteiger partial charge in [0.05, 0.1) is 35.6 Å². The van der Waals surface area contributed by atoms with E-state index in [2.05, 4.69) is 25.0 Å². The molecule has 0 spiro atoms. The van der Waals surface area contributed by atoms with Crippen LogP contribution in [-0.4, -0.2) is 40.5 Å². The van der Waals surface area contributed by atoms with Gasteiger partial charge in [-0.3, -0.25) is 14.5 Å². The van der Waals surface area contributed by atoms with Crippen LogP contribution in [0.5, 0.6) is 0 Å². The standard InChI is InChI=1S/C25H21F3N8O/c1-14(23-30-8-3-9-31-23)36(13-17-6-5-16(11-32-17)25(26,27)28)24(37)15-4-7-20-18(10-15)19-12-33-35(2)21(19)22(29)34-20/h3-12,14H,13H2,1-2H3,(H2,29,34)/t14-/m1/s1. The third-order valence-corrected chi connectivity index (χ3v) is 6.13. The molecule has 4 aromatic heterocycles. The van der Waals surface area contributed by atoms with E-state index in [0.29, 0.717) is 33.6 Å². The molecule has 0 radical (unpaired) electrons. The van der Waals surface area contributed by atoms with E-state index >= 15 is 0 Å². The van der Waals surface area contributed by atoms with Crippen LogP contribution in [0.2, 0.25) is 0 Å². The maximum atomic E-state index is 13.8. The Morgan fingerprint density at radius 3 is 2.51 bits per heavy atom. The zero-order valence-electron chi connectivity index (χ0n) is 19.8. The van der Waals surface area contributed by atoms with Crippen molar-refractivity contribution in [3.63, 3.8) is 0 Å². The molecule has 12 heteroatoms. The van der Waals surface area contributed by atoms with Gasteiger partial charge < -0.3 is 10.6 Å². The van der Waals surface area contributed by atoms with Crippen LogP contribution >= 0.6 is 0 Å². The first-order valence-corrected chi connectivity index (χ1v) is 11.2. The maximum absolute atomic E-state index is 13.8. The minimum atomic E-state index is -4.51. The Hall–Kier alpha value is -4.61. The lowest BCUT2D eigenvalue weighted by atomic mass is 10.1. The summed E-state index contributed by atoms with van der Waals surface area (Å²) in [6, 6.07) is 8.29. The molecule has 4 heterocycles. The van der Waals surface area contributed by atoms with Crippen molar-refractivity contribution in [2.24, 2.45) is 7.05 Å². The molecule has 0 saturated heterocycles. The number of pyridine rings is 2. The highest BCUT2D eigenvalue weighted by Gasteiger charge is 2.31. The van der Waals surface area contributed by atoms with Gasteiger partial charge in [-0.25, -0.2) is 15.0 Å². The maximum Gasteiger partial charge on any atom is 0.417 e. The number of amides is 1. The van der Waals surface area contributed by atoms with Crippen LogP contribution in [0.15, 0.2) is 61.2 Å². The first-order valence-electron chi connectivity index (χ1n) is 11.2. The van der Waals surface area contributed by atoms with Gasteiger partial charge in [0.15, 0.2) is 0 Å². The number of anilines is 1.